The molecule has 0 aromatic heterocycles. The molecule has 0 atom stereocenters. The summed E-state index contributed by atoms with van der Waals surface area (Å²) in [6.07, 6.45) is 2.76. The Bertz CT molecular complexity index is 983. The second kappa shape index (κ2) is 12.2. The van der Waals surface area contributed by atoms with Crippen molar-refractivity contribution < 1.29 is 4.74 Å². The van der Waals surface area contributed by atoms with E-state index in [9.17, 15) is 0 Å². The van der Waals surface area contributed by atoms with Crippen LogP contribution in [0.2, 0.25) is 0 Å². The summed E-state index contributed by atoms with van der Waals surface area (Å²) in [6.45, 7) is 4.37. The molecule has 0 amide bonds. The van der Waals surface area contributed by atoms with Gasteiger partial charge in [0.25, 0.3) is 0 Å². The van der Waals surface area contributed by atoms with E-state index in [1.54, 1.807) is 13.3 Å². The van der Waals surface area contributed by atoms with E-state index in [0.29, 0.717) is 6.54 Å². The second-order valence-electron chi connectivity index (χ2n) is 7.17. The van der Waals surface area contributed by atoms with Gasteiger partial charge in [0.15, 0.2) is 0 Å². The zero-order chi connectivity index (χ0) is 21.9. The molecular formula is C26H28BrN3O. The lowest BCUT2D eigenvalue weighted by molar-refractivity contribution is 0.306. The minimum absolute atomic E-state index is 0.708. The molecular weight excluding hydrogens is 450 g/mol. The summed E-state index contributed by atoms with van der Waals surface area (Å²) < 4.78 is 7.01. The summed E-state index contributed by atoms with van der Waals surface area (Å²) >= 11 is 3.50. The van der Waals surface area contributed by atoms with Gasteiger partial charge in [-0.15, -0.1) is 0 Å². The average Bonchev–Trinajstić information content (AvgIpc) is 2.80. The predicted octanol–water partition coefficient (Wildman–Crippen LogP) is 6.41. The standard InChI is InChI=1S/C26H28BrN3O/c1-3-29-26(28-2)20-30(18-17-21-9-13-23(27)14-10-21)19-22-11-15-25(16-12-22)31-24-7-5-4-6-8-24/h3-16H,17-20H2,1-2H3/b28-26-,29-3-. The summed E-state index contributed by atoms with van der Waals surface area (Å²) in [7, 11) is 1.80. The van der Waals surface area contributed by atoms with Crippen molar-refractivity contribution in [1.82, 2.24) is 4.90 Å². The fourth-order valence-electron chi connectivity index (χ4n) is 3.22. The normalized spacial score (nSPS) is 11.9. The van der Waals surface area contributed by atoms with Gasteiger partial charge in [0.1, 0.15) is 17.3 Å². The monoisotopic (exact) mass is 477 g/mol. The predicted molar refractivity (Wildman–Crippen MR) is 134 cm³/mol. The Kier molecular flexibility index (Phi) is 9.00. The highest BCUT2D eigenvalue weighted by Crippen LogP contribution is 2.21. The number of ether oxygens (including phenoxy) is 1. The van der Waals surface area contributed by atoms with Gasteiger partial charge in [-0.25, -0.2) is 4.99 Å². The highest BCUT2D eigenvalue weighted by Gasteiger charge is 2.10. The van der Waals surface area contributed by atoms with Crippen molar-refractivity contribution in [3.8, 4) is 11.5 Å². The molecule has 0 unspecified atom stereocenters. The lowest BCUT2D eigenvalue weighted by atomic mass is 10.1. The van der Waals surface area contributed by atoms with Gasteiger partial charge in [0.2, 0.25) is 0 Å². The van der Waals surface area contributed by atoms with Crippen molar-refractivity contribution in [1.29, 1.82) is 0 Å². The lowest BCUT2D eigenvalue weighted by Crippen LogP contribution is -2.31. The van der Waals surface area contributed by atoms with Crippen molar-refractivity contribution in [3.63, 3.8) is 0 Å². The molecule has 0 radical (unpaired) electrons. The number of amidine groups is 1. The molecule has 0 aliphatic carbocycles. The molecule has 0 saturated heterocycles. The summed E-state index contributed by atoms with van der Waals surface area (Å²) in [5.41, 5.74) is 2.54. The number of nitrogens with zero attached hydrogens (tertiary/aromatic N) is 3. The largest absolute Gasteiger partial charge is 0.457 e. The van der Waals surface area contributed by atoms with Crippen LogP contribution in [0, 0.1) is 0 Å². The Morgan fingerprint density at radius 3 is 2.19 bits per heavy atom. The first-order valence-corrected chi connectivity index (χ1v) is 11.2. The fraction of sp³-hybridized carbons (Fsp3) is 0.231. The maximum absolute atomic E-state index is 5.91. The van der Waals surface area contributed by atoms with Crippen LogP contribution in [0.5, 0.6) is 11.5 Å². The van der Waals surface area contributed by atoms with Gasteiger partial charge in [0, 0.05) is 30.8 Å². The van der Waals surface area contributed by atoms with Crippen LogP contribution < -0.4 is 4.74 Å². The molecule has 5 heteroatoms. The van der Waals surface area contributed by atoms with Gasteiger partial charge in [-0.2, -0.15) is 0 Å². The first-order chi connectivity index (χ1) is 15.2. The van der Waals surface area contributed by atoms with E-state index in [1.807, 2.05) is 49.4 Å². The number of hydrogen-bond donors (Lipinski definition) is 0. The minimum Gasteiger partial charge on any atom is -0.457 e. The van der Waals surface area contributed by atoms with Crippen molar-refractivity contribution in [2.24, 2.45) is 9.98 Å². The van der Waals surface area contributed by atoms with Crippen LogP contribution in [-0.4, -0.2) is 37.1 Å². The molecule has 3 rings (SSSR count). The Hall–Kier alpha value is -2.76. The van der Waals surface area contributed by atoms with Gasteiger partial charge >= 0.3 is 0 Å². The quantitative estimate of drug-likeness (QED) is 0.264. The first kappa shape index (κ1) is 22.9. The third-order valence-electron chi connectivity index (χ3n) is 4.84. The summed E-state index contributed by atoms with van der Waals surface area (Å²) in [5, 5.41) is 0. The third-order valence-corrected chi connectivity index (χ3v) is 5.37. The summed E-state index contributed by atoms with van der Waals surface area (Å²) in [4.78, 5) is 11.1. The highest BCUT2D eigenvalue weighted by molar-refractivity contribution is 9.10. The Balaban J connectivity index is 1.66. The third kappa shape index (κ3) is 7.78. The number of aliphatic imine (C=N–C) groups is 2. The molecule has 160 valence electrons. The number of benzene rings is 3. The molecule has 0 aliphatic heterocycles. The van der Waals surface area contributed by atoms with Gasteiger partial charge in [-0.1, -0.05) is 58.4 Å². The van der Waals surface area contributed by atoms with Crippen LogP contribution in [0.25, 0.3) is 0 Å². The molecule has 0 fully saturated rings. The highest BCUT2D eigenvalue weighted by atomic mass is 79.9. The zero-order valence-electron chi connectivity index (χ0n) is 18.0. The van der Waals surface area contributed by atoms with Crippen LogP contribution in [0.3, 0.4) is 0 Å². The Morgan fingerprint density at radius 2 is 1.55 bits per heavy atom. The van der Waals surface area contributed by atoms with Crippen LogP contribution in [-0.2, 0) is 13.0 Å². The topological polar surface area (TPSA) is 37.2 Å². The molecule has 3 aromatic carbocycles. The number of para-hydroxylation sites is 1. The lowest BCUT2D eigenvalue weighted by Gasteiger charge is -2.22. The van der Waals surface area contributed by atoms with Gasteiger partial charge in [-0.05, 0) is 60.9 Å². The first-order valence-electron chi connectivity index (χ1n) is 10.4. The SMILES string of the molecule is C/C=N\C(CN(CCc1ccc(Br)cc1)Cc1ccc(Oc2ccccc2)cc1)=N/C. The maximum atomic E-state index is 5.91. The Labute approximate surface area is 193 Å². The Morgan fingerprint density at radius 1 is 0.903 bits per heavy atom. The molecule has 0 heterocycles. The smallest absolute Gasteiger partial charge is 0.136 e. The van der Waals surface area contributed by atoms with Crippen LogP contribution in [0.1, 0.15) is 18.1 Å². The zero-order valence-corrected chi connectivity index (χ0v) is 19.6. The van der Waals surface area contributed by atoms with Gasteiger partial charge in [-0.3, -0.25) is 9.89 Å². The maximum Gasteiger partial charge on any atom is 0.136 e. The van der Waals surface area contributed by atoms with E-state index >= 15 is 0 Å². The van der Waals surface area contributed by atoms with Crippen LogP contribution >= 0.6 is 15.9 Å². The molecule has 0 saturated carbocycles. The van der Waals surface area contributed by atoms with Gasteiger partial charge in [0.05, 0.1) is 6.54 Å². The minimum atomic E-state index is 0.708. The molecule has 0 spiro atoms. The second-order valence-corrected chi connectivity index (χ2v) is 8.09. The average molecular weight is 478 g/mol. The number of hydrogen-bond acceptors (Lipinski definition) is 3. The molecule has 0 N–H and O–H groups in total. The number of rotatable bonds is 9. The fourth-order valence-corrected chi connectivity index (χ4v) is 3.48. The molecule has 3 aromatic rings. The number of halogens is 1. The molecule has 4 nitrogen and oxygen atoms in total. The van der Waals surface area contributed by atoms with E-state index in [0.717, 1.165) is 41.3 Å². The van der Waals surface area contributed by atoms with E-state index in [2.05, 4.69) is 67.2 Å². The van der Waals surface area contributed by atoms with Crippen LogP contribution in [0.15, 0.2) is 93.3 Å². The van der Waals surface area contributed by atoms with E-state index < -0.39 is 0 Å². The van der Waals surface area contributed by atoms with Crippen molar-refractivity contribution in [2.45, 2.75) is 19.9 Å². The van der Waals surface area contributed by atoms with E-state index in [1.165, 1.54) is 11.1 Å². The van der Waals surface area contributed by atoms with Crippen LogP contribution in [0.4, 0.5) is 0 Å². The molecule has 0 bridgehead atoms. The molecule has 0 aliphatic rings. The van der Waals surface area contributed by atoms with Crippen molar-refractivity contribution >= 4 is 28.0 Å². The summed E-state index contributed by atoms with van der Waals surface area (Å²) in [6, 6.07) is 26.6. The van der Waals surface area contributed by atoms with E-state index in [4.69, 9.17) is 4.74 Å². The van der Waals surface area contributed by atoms with Gasteiger partial charge < -0.3 is 4.74 Å². The van der Waals surface area contributed by atoms with Crippen molar-refractivity contribution in [3.05, 3.63) is 94.5 Å². The summed E-state index contributed by atoms with van der Waals surface area (Å²) in [5.74, 6) is 2.51. The molecule has 31 heavy (non-hydrogen) atoms. The van der Waals surface area contributed by atoms with Crippen molar-refractivity contribution in [2.75, 3.05) is 20.1 Å². The van der Waals surface area contributed by atoms with E-state index in [-0.39, 0.29) is 0 Å².